The molecule has 3 aliphatic rings. The normalized spacial score (nSPS) is 32.1. The number of nitrogens with zero attached hydrogens (tertiary/aromatic N) is 1. The molecule has 2 fully saturated rings. The number of aliphatic carboxylic acids is 1. The molecule has 0 radical (unpaired) electrons. The maximum Gasteiger partial charge on any atom is 0.330 e. The molecule has 2 heterocycles. The fraction of sp³-hybridized carbons (Fsp3) is 0.560. The molecule has 2 amide bonds. The molecule has 2 aliphatic heterocycles. The zero-order chi connectivity index (χ0) is 22.6. The van der Waals surface area contributed by atoms with Gasteiger partial charge in [0.25, 0.3) is 0 Å². The van der Waals surface area contributed by atoms with E-state index in [2.05, 4.69) is 5.32 Å². The maximum absolute atomic E-state index is 13.2. The lowest BCUT2D eigenvalue weighted by Crippen LogP contribution is -2.53. The molecule has 7 heteroatoms. The Balaban J connectivity index is 1.48. The minimum Gasteiger partial charge on any atom is -0.479 e. The Kier molecular flexibility index (Phi) is 6.94. The summed E-state index contributed by atoms with van der Waals surface area (Å²) in [4.78, 5) is 39.8. The van der Waals surface area contributed by atoms with Crippen molar-refractivity contribution in [3.8, 4) is 0 Å². The number of carbonyl (C=O) groups excluding carboxylic acids is 2. The quantitative estimate of drug-likeness (QED) is 0.702. The van der Waals surface area contributed by atoms with Crippen LogP contribution in [-0.2, 0) is 25.7 Å². The summed E-state index contributed by atoms with van der Waals surface area (Å²) in [7, 11) is 0. The van der Waals surface area contributed by atoms with E-state index in [4.69, 9.17) is 4.74 Å². The number of rotatable bonds is 4. The molecule has 2 N–H and O–H groups in total. The van der Waals surface area contributed by atoms with Gasteiger partial charge in [0.1, 0.15) is 11.6 Å². The minimum absolute atomic E-state index is 0.0549. The van der Waals surface area contributed by atoms with Gasteiger partial charge in [-0.3, -0.25) is 9.59 Å². The number of nitrogens with one attached hydrogen (secondary N) is 1. The molecule has 1 saturated carbocycles. The average molecular weight is 441 g/mol. The van der Waals surface area contributed by atoms with Crippen molar-refractivity contribution >= 4 is 17.8 Å². The first-order valence-corrected chi connectivity index (χ1v) is 11.7. The number of carboxylic acid groups (broad SMARTS) is 1. The highest BCUT2D eigenvalue weighted by Crippen LogP contribution is 2.45. The van der Waals surface area contributed by atoms with E-state index in [0.29, 0.717) is 32.4 Å². The van der Waals surface area contributed by atoms with Gasteiger partial charge >= 0.3 is 5.97 Å². The van der Waals surface area contributed by atoms with Crippen LogP contribution < -0.4 is 5.32 Å². The summed E-state index contributed by atoms with van der Waals surface area (Å²) in [5.74, 6) is -1.67. The van der Waals surface area contributed by atoms with Crippen molar-refractivity contribution in [2.45, 2.75) is 75.7 Å². The van der Waals surface area contributed by atoms with Gasteiger partial charge in [0, 0.05) is 25.3 Å². The van der Waals surface area contributed by atoms with Crippen LogP contribution in [0.2, 0.25) is 0 Å². The van der Waals surface area contributed by atoms with E-state index in [1.807, 2.05) is 42.5 Å². The first kappa shape index (κ1) is 22.5. The van der Waals surface area contributed by atoms with E-state index in [1.165, 1.54) is 0 Å². The Morgan fingerprint density at radius 1 is 1.16 bits per heavy atom. The number of ether oxygens (including phenoxy) is 1. The Morgan fingerprint density at radius 3 is 2.72 bits per heavy atom. The summed E-state index contributed by atoms with van der Waals surface area (Å²) in [6.45, 7) is 0.765. The van der Waals surface area contributed by atoms with Gasteiger partial charge in [-0.2, -0.15) is 0 Å². The van der Waals surface area contributed by atoms with E-state index < -0.39 is 23.5 Å². The lowest BCUT2D eigenvalue weighted by Gasteiger charge is -2.25. The van der Waals surface area contributed by atoms with Crippen molar-refractivity contribution < 1.29 is 24.2 Å². The second kappa shape index (κ2) is 9.86. The Labute approximate surface area is 188 Å². The summed E-state index contributed by atoms with van der Waals surface area (Å²) < 4.78 is 6.04. The number of allylic oxidation sites excluding steroid dienone is 1. The van der Waals surface area contributed by atoms with E-state index in [9.17, 15) is 19.5 Å². The van der Waals surface area contributed by atoms with Crippen LogP contribution in [0.4, 0.5) is 0 Å². The Morgan fingerprint density at radius 2 is 1.94 bits per heavy atom. The lowest BCUT2D eigenvalue weighted by molar-refractivity contribution is -0.145. The molecule has 4 unspecified atom stereocenters. The molecule has 7 nitrogen and oxygen atoms in total. The largest absolute Gasteiger partial charge is 0.479 e. The number of benzene rings is 1. The number of hydrogen-bond acceptors (Lipinski definition) is 4. The van der Waals surface area contributed by atoms with Crippen molar-refractivity contribution in [3.63, 3.8) is 0 Å². The van der Waals surface area contributed by atoms with Gasteiger partial charge in [-0.15, -0.1) is 0 Å². The molecule has 172 valence electrons. The third-order valence-corrected chi connectivity index (χ3v) is 6.84. The lowest BCUT2D eigenvalue weighted by atomic mass is 10.1. The molecule has 32 heavy (non-hydrogen) atoms. The number of carbonyl (C=O) groups is 3. The van der Waals surface area contributed by atoms with Crippen molar-refractivity contribution in [2.75, 3.05) is 6.54 Å². The summed E-state index contributed by atoms with van der Waals surface area (Å²) in [6, 6.07) is 9.08. The summed E-state index contributed by atoms with van der Waals surface area (Å²) in [5, 5.41) is 12.6. The van der Waals surface area contributed by atoms with Gasteiger partial charge in [-0.25, -0.2) is 4.79 Å². The minimum atomic E-state index is -1.26. The predicted octanol–water partition coefficient (Wildman–Crippen LogP) is 3.04. The highest BCUT2D eigenvalue weighted by Gasteiger charge is 2.61. The van der Waals surface area contributed by atoms with Crippen LogP contribution in [-0.4, -0.2) is 52.0 Å². The second-order valence-corrected chi connectivity index (χ2v) is 9.17. The third-order valence-electron chi connectivity index (χ3n) is 6.84. The SMILES string of the molecule is O=C1NC2(C(=O)O)CC2/C=C\CCCCCCC(=O)N2CC(OCc3ccccc3)CC12. The zero-order valence-corrected chi connectivity index (χ0v) is 18.4. The van der Waals surface area contributed by atoms with E-state index in [1.54, 1.807) is 4.90 Å². The highest BCUT2D eigenvalue weighted by molar-refractivity contribution is 5.94. The van der Waals surface area contributed by atoms with Crippen LogP contribution >= 0.6 is 0 Å². The molecule has 4 rings (SSSR count). The summed E-state index contributed by atoms with van der Waals surface area (Å²) in [6.07, 6.45) is 9.58. The standard InChI is InChI=1S/C25H32N2O5/c28-22-13-9-4-2-1-3-8-12-19-15-25(19,24(30)31)26-23(29)21-14-20(16-27(21)22)32-17-18-10-6-5-7-11-18/h5-8,10-12,19-21H,1-4,9,13-17H2,(H,26,29)(H,30,31)/b12-8-. The highest BCUT2D eigenvalue weighted by atomic mass is 16.5. The van der Waals surface area contributed by atoms with Crippen LogP contribution in [0.3, 0.4) is 0 Å². The van der Waals surface area contributed by atoms with Gasteiger partial charge in [0.2, 0.25) is 11.8 Å². The molecule has 1 saturated heterocycles. The maximum atomic E-state index is 13.2. The number of fused-ring (bicyclic) bond motifs is 2. The Hall–Kier alpha value is -2.67. The van der Waals surface area contributed by atoms with Crippen LogP contribution in [0.25, 0.3) is 0 Å². The first-order chi connectivity index (χ1) is 15.5. The van der Waals surface area contributed by atoms with Gasteiger partial charge < -0.3 is 20.1 Å². The van der Waals surface area contributed by atoms with E-state index in [-0.39, 0.29) is 17.9 Å². The third kappa shape index (κ3) is 5.04. The van der Waals surface area contributed by atoms with E-state index in [0.717, 1.165) is 37.7 Å². The molecule has 0 aromatic heterocycles. The predicted molar refractivity (Wildman–Crippen MR) is 119 cm³/mol. The van der Waals surface area contributed by atoms with Gasteiger partial charge in [-0.1, -0.05) is 55.3 Å². The molecule has 0 bridgehead atoms. The summed E-state index contributed by atoms with van der Waals surface area (Å²) in [5.41, 5.74) is -0.226. The molecule has 1 aliphatic carbocycles. The van der Waals surface area contributed by atoms with Crippen LogP contribution in [0, 0.1) is 5.92 Å². The second-order valence-electron chi connectivity index (χ2n) is 9.17. The van der Waals surface area contributed by atoms with E-state index >= 15 is 0 Å². The smallest absolute Gasteiger partial charge is 0.330 e. The summed E-state index contributed by atoms with van der Waals surface area (Å²) >= 11 is 0. The van der Waals surface area contributed by atoms with Crippen molar-refractivity contribution in [2.24, 2.45) is 5.92 Å². The molecular formula is C25H32N2O5. The van der Waals surface area contributed by atoms with Gasteiger partial charge in [0.05, 0.1) is 12.7 Å². The number of hydrogen-bond donors (Lipinski definition) is 2. The molecule has 1 aromatic rings. The number of amides is 2. The van der Waals surface area contributed by atoms with Crippen molar-refractivity contribution in [3.05, 3.63) is 48.0 Å². The first-order valence-electron chi connectivity index (χ1n) is 11.7. The molecular weight excluding hydrogens is 408 g/mol. The fourth-order valence-electron chi connectivity index (χ4n) is 4.79. The van der Waals surface area contributed by atoms with Crippen LogP contribution in [0.1, 0.15) is 56.9 Å². The van der Waals surface area contributed by atoms with Crippen molar-refractivity contribution in [1.82, 2.24) is 10.2 Å². The Bertz CT molecular complexity index is 870. The zero-order valence-electron chi connectivity index (χ0n) is 18.4. The fourth-order valence-corrected chi connectivity index (χ4v) is 4.79. The van der Waals surface area contributed by atoms with Crippen LogP contribution in [0.5, 0.6) is 0 Å². The molecule has 0 spiro atoms. The average Bonchev–Trinajstić information content (AvgIpc) is 3.31. The van der Waals surface area contributed by atoms with Crippen LogP contribution in [0.15, 0.2) is 42.5 Å². The van der Waals surface area contributed by atoms with Gasteiger partial charge in [-0.05, 0) is 31.2 Å². The molecule has 4 atom stereocenters. The number of carboxylic acids is 1. The topological polar surface area (TPSA) is 95.9 Å². The van der Waals surface area contributed by atoms with Crippen molar-refractivity contribution in [1.29, 1.82) is 0 Å². The molecule has 1 aromatic carbocycles. The van der Waals surface area contributed by atoms with Gasteiger partial charge in [0.15, 0.2) is 0 Å². The monoisotopic (exact) mass is 440 g/mol.